The first-order valence-electron chi connectivity index (χ1n) is 5.96. The molecule has 0 atom stereocenters. The molecule has 0 saturated heterocycles. The van der Waals surface area contributed by atoms with Crippen molar-refractivity contribution >= 4 is 11.8 Å². The highest BCUT2D eigenvalue weighted by Gasteiger charge is 2.18. The number of nitrogens with zero attached hydrogens (tertiary/aromatic N) is 2. The summed E-state index contributed by atoms with van der Waals surface area (Å²) in [5.74, 6) is -1.44. The smallest absolute Gasteiger partial charge is 0.326 e. The summed E-state index contributed by atoms with van der Waals surface area (Å²) in [5.41, 5.74) is 5.31. The quantitative estimate of drug-likeness (QED) is 0.906. The second kappa shape index (κ2) is 5.76. The zero-order chi connectivity index (χ0) is 14.9. The fourth-order valence-electron chi connectivity index (χ4n) is 1.74. The Labute approximate surface area is 118 Å². The molecule has 0 amide bonds. The van der Waals surface area contributed by atoms with E-state index in [0.717, 1.165) is 11.8 Å². The molecule has 108 valence electrons. The summed E-state index contributed by atoms with van der Waals surface area (Å²) in [7, 11) is 0. The highest BCUT2D eigenvalue weighted by atomic mass is 32.2. The van der Waals surface area contributed by atoms with Gasteiger partial charge in [-0.1, -0.05) is 0 Å². The highest BCUT2D eigenvalue weighted by molar-refractivity contribution is 7.99. The first-order chi connectivity index (χ1) is 9.43. The molecule has 0 aliphatic rings. The lowest BCUT2D eigenvalue weighted by molar-refractivity contribution is 0.524. The van der Waals surface area contributed by atoms with Gasteiger partial charge in [-0.3, -0.25) is 4.57 Å². The summed E-state index contributed by atoms with van der Waals surface area (Å²) in [6.45, 7) is 3.62. The molecule has 2 rings (SSSR count). The number of nitrogens with two attached hydrogens (primary N) is 1. The predicted molar refractivity (Wildman–Crippen MR) is 71.6 cm³/mol. The first kappa shape index (κ1) is 14.7. The SMILES string of the molecule is CC(C)n1c(Sc2c(F)cc(CN)cc2F)n[nH]c1=O. The van der Waals surface area contributed by atoms with Crippen LogP contribution in [-0.2, 0) is 6.54 Å². The molecule has 0 unspecified atom stereocenters. The number of aromatic amines is 1. The number of nitrogens with one attached hydrogen (secondary N) is 1. The van der Waals surface area contributed by atoms with Gasteiger partial charge in [0.15, 0.2) is 5.16 Å². The number of aromatic nitrogens is 3. The Morgan fingerprint density at radius 2 is 2.00 bits per heavy atom. The van der Waals surface area contributed by atoms with Gasteiger partial charge >= 0.3 is 5.69 Å². The fourth-order valence-corrected chi connectivity index (χ4v) is 2.72. The van der Waals surface area contributed by atoms with Gasteiger partial charge in [0.2, 0.25) is 0 Å². The minimum absolute atomic E-state index is 0.0535. The molecule has 0 saturated carbocycles. The van der Waals surface area contributed by atoms with Crippen LogP contribution in [0.1, 0.15) is 25.5 Å². The van der Waals surface area contributed by atoms with Crippen LogP contribution in [0.3, 0.4) is 0 Å². The summed E-state index contributed by atoms with van der Waals surface area (Å²) >= 11 is 0.766. The molecule has 5 nitrogen and oxygen atoms in total. The van der Waals surface area contributed by atoms with Crippen LogP contribution < -0.4 is 11.4 Å². The molecule has 0 fully saturated rings. The molecule has 2 aromatic rings. The van der Waals surface area contributed by atoms with Crippen LogP contribution in [0.25, 0.3) is 0 Å². The molecule has 1 aromatic heterocycles. The van der Waals surface area contributed by atoms with E-state index in [2.05, 4.69) is 10.2 Å². The number of halogens is 2. The van der Waals surface area contributed by atoms with Gasteiger partial charge in [0.1, 0.15) is 11.6 Å². The Morgan fingerprint density at radius 3 is 2.50 bits per heavy atom. The minimum atomic E-state index is -0.721. The van der Waals surface area contributed by atoms with E-state index in [0.29, 0.717) is 5.56 Å². The highest BCUT2D eigenvalue weighted by Crippen LogP contribution is 2.31. The van der Waals surface area contributed by atoms with Crippen molar-refractivity contribution in [1.82, 2.24) is 14.8 Å². The van der Waals surface area contributed by atoms with Crippen LogP contribution >= 0.6 is 11.8 Å². The lowest BCUT2D eigenvalue weighted by Gasteiger charge is -2.10. The molecule has 3 N–H and O–H groups in total. The van der Waals surface area contributed by atoms with Crippen molar-refractivity contribution in [3.8, 4) is 0 Å². The van der Waals surface area contributed by atoms with Crippen LogP contribution in [0.15, 0.2) is 27.0 Å². The summed E-state index contributed by atoms with van der Waals surface area (Å²) in [6.07, 6.45) is 0. The lowest BCUT2D eigenvalue weighted by atomic mass is 10.2. The van der Waals surface area contributed by atoms with Gasteiger partial charge in [0.25, 0.3) is 0 Å². The van der Waals surface area contributed by atoms with Gasteiger partial charge in [0, 0.05) is 12.6 Å². The maximum atomic E-state index is 13.9. The Bertz CT molecular complexity index is 657. The van der Waals surface area contributed by atoms with Gasteiger partial charge < -0.3 is 5.73 Å². The monoisotopic (exact) mass is 300 g/mol. The normalized spacial score (nSPS) is 11.3. The van der Waals surface area contributed by atoms with Crippen molar-refractivity contribution in [2.75, 3.05) is 0 Å². The van der Waals surface area contributed by atoms with Crippen molar-refractivity contribution in [1.29, 1.82) is 0 Å². The Morgan fingerprint density at radius 1 is 1.40 bits per heavy atom. The number of hydrogen-bond donors (Lipinski definition) is 2. The summed E-state index contributed by atoms with van der Waals surface area (Å²) in [6, 6.07) is 2.18. The van der Waals surface area contributed by atoms with Crippen molar-refractivity contribution < 1.29 is 8.78 Å². The van der Waals surface area contributed by atoms with E-state index in [1.165, 1.54) is 16.7 Å². The van der Waals surface area contributed by atoms with Crippen LogP contribution in [0, 0.1) is 11.6 Å². The van der Waals surface area contributed by atoms with E-state index in [4.69, 9.17) is 5.73 Å². The predicted octanol–water partition coefficient (Wildman–Crippen LogP) is 2.04. The number of benzene rings is 1. The minimum Gasteiger partial charge on any atom is -0.326 e. The van der Waals surface area contributed by atoms with E-state index in [1.807, 2.05) is 0 Å². The maximum absolute atomic E-state index is 13.9. The van der Waals surface area contributed by atoms with Gasteiger partial charge in [-0.15, -0.1) is 5.10 Å². The van der Waals surface area contributed by atoms with Crippen molar-refractivity contribution in [3.05, 3.63) is 39.8 Å². The molecule has 20 heavy (non-hydrogen) atoms. The zero-order valence-electron chi connectivity index (χ0n) is 11.0. The molecule has 0 aliphatic carbocycles. The van der Waals surface area contributed by atoms with Crippen LogP contribution in [0.2, 0.25) is 0 Å². The second-order valence-electron chi connectivity index (χ2n) is 4.47. The molecule has 0 bridgehead atoms. The maximum Gasteiger partial charge on any atom is 0.344 e. The third kappa shape index (κ3) is 2.75. The number of hydrogen-bond acceptors (Lipinski definition) is 4. The average Bonchev–Trinajstić information content (AvgIpc) is 2.74. The van der Waals surface area contributed by atoms with Crippen molar-refractivity contribution in [2.45, 2.75) is 36.5 Å². The largest absolute Gasteiger partial charge is 0.344 e. The lowest BCUT2D eigenvalue weighted by Crippen LogP contribution is -2.19. The third-order valence-electron chi connectivity index (χ3n) is 2.68. The summed E-state index contributed by atoms with van der Waals surface area (Å²) in [4.78, 5) is 11.4. The second-order valence-corrected chi connectivity index (χ2v) is 5.45. The standard InChI is InChI=1S/C12H14F2N4OS/c1-6(2)18-11(19)16-17-12(18)20-10-8(13)3-7(5-15)4-9(10)14/h3-4,6H,5,15H2,1-2H3,(H,16,19). The molecular weight excluding hydrogens is 286 g/mol. The molecule has 0 radical (unpaired) electrons. The van der Waals surface area contributed by atoms with Crippen LogP contribution in [-0.4, -0.2) is 14.8 Å². The fraction of sp³-hybridized carbons (Fsp3) is 0.333. The Kier molecular flexibility index (Phi) is 4.24. The van der Waals surface area contributed by atoms with E-state index in [-0.39, 0.29) is 22.6 Å². The Hall–Kier alpha value is -1.67. The topological polar surface area (TPSA) is 76.7 Å². The molecule has 1 aromatic carbocycles. The number of H-pyrrole nitrogens is 1. The number of rotatable bonds is 4. The van der Waals surface area contributed by atoms with Gasteiger partial charge in [-0.25, -0.2) is 18.7 Å². The Balaban J connectivity index is 2.43. The van der Waals surface area contributed by atoms with E-state index in [9.17, 15) is 13.6 Å². The van der Waals surface area contributed by atoms with E-state index in [1.54, 1.807) is 13.8 Å². The molecule has 0 aliphatic heterocycles. The van der Waals surface area contributed by atoms with Crippen LogP contribution in [0.5, 0.6) is 0 Å². The van der Waals surface area contributed by atoms with Gasteiger partial charge in [-0.05, 0) is 43.3 Å². The van der Waals surface area contributed by atoms with Crippen molar-refractivity contribution in [2.24, 2.45) is 5.73 Å². The van der Waals surface area contributed by atoms with Gasteiger partial charge in [-0.2, -0.15) is 0 Å². The van der Waals surface area contributed by atoms with E-state index >= 15 is 0 Å². The van der Waals surface area contributed by atoms with E-state index < -0.39 is 17.3 Å². The molecule has 0 spiro atoms. The first-order valence-corrected chi connectivity index (χ1v) is 6.78. The molecule has 1 heterocycles. The third-order valence-corrected chi connectivity index (χ3v) is 3.74. The van der Waals surface area contributed by atoms with Crippen LogP contribution in [0.4, 0.5) is 8.78 Å². The molecular formula is C12H14F2N4OS. The molecule has 8 heteroatoms. The van der Waals surface area contributed by atoms with Gasteiger partial charge in [0.05, 0.1) is 4.90 Å². The zero-order valence-corrected chi connectivity index (χ0v) is 11.8. The summed E-state index contributed by atoms with van der Waals surface area (Å²) in [5, 5.41) is 6.27. The summed E-state index contributed by atoms with van der Waals surface area (Å²) < 4.78 is 29.1. The van der Waals surface area contributed by atoms with Crippen molar-refractivity contribution in [3.63, 3.8) is 0 Å². The average molecular weight is 300 g/mol.